The fourth-order valence-electron chi connectivity index (χ4n) is 5.32. The molecule has 0 atom stereocenters. The maximum Gasteiger partial charge on any atom is 0.161 e. The first-order valence-corrected chi connectivity index (χ1v) is 13.2. The molecule has 4 heterocycles. The summed E-state index contributed by atoms with van der Waals surface area (Å²) in [7, 11) is 0.995. The van der Waals surface area contributed by atoms with Crippen LogP contribution in [0.25, 0.3) is 22.5 Å². The molecule has 4 radical (unpaired) electrons. The zero-order valence-corrected chi connectivity index (χ0v) is 21.9. The summed E-state index contributed by atoms with van der Waals surface area (Å²) < 4.78 is 2.36. The van der Waals surface area contributed by atoms with Gasteiger partial charge in [0.1, 0.15) is 12.7 Å². The second-order valence-electron chi connectivity index (χ2n) is 8.61. The average molecular weight is 483 g/mol. The molecule has 2 aromatic heterocycles. The quantitative estimate of drug-likeness (QED) is 0.304. The Bertz CT molecular complexity index is 1030. The van der Waals surface area contributed by atoms with Crippen molar-refractivity contribution in [3.8, 4) is 22.5 Å². The second kappa shape index (κ2) is 9.59. The molecule has 3 aromatic rings. The first-order chi connectivity index (χ1) is 13.7. The minimum Gasteiger partial charge on any atom is -0.334 e. The van der Waals surface area contributed by atoms with E-state index in [4.69, 9.17) is 0 Å². The van der Waals surface area contributed by atoms with Gasteiger partial charge in [-0.1, -0.05) is 43.8 Å². The Morgan fingerprint density at radius 1 is 1.10 bits per heavy atom. The monoisotopic (exact) mass is 483 g/mol. The van der Waals surface area contributed by atoms with Gasteiger partial charge in [-0.05, 0) is 30.3 Å². The van der Waals surface area contributed by atoms with E-state index in [2.05, 4.69) is 60.1 Å². The van der Waals surface area contributed by atoms with Crippen LogP contribution in [0.1, 0.15) is 30.4 Å². The number of nitrogens with zero attached hydrogens (tertiary/aromatic N) is 2. The summed E-state index contributed by atoms with van der Waals surface area (Å²) in [5, 5.41) is 1.75. The predicted octanol–water partition coefficient (Wildman–Crippen LogP) is 4.16. The topological polar surface area (TPSA) is 16.8 Å². The summed E-state index contributed by atoms with van der Waals surface area (Å²) >= 11 is 0. The van der Waals surface area contributed by atoms with Crippen molar-refractivity contribution in [3.63, 3.8) is 0 Å². The van der Waals surface area contributed by atoms with E-state index in [0.717, 1.165) is 11.3 Å². The van der Waals surface area contributed by atoms with Crippen LogP contribution in [0.5, 0.6) is 0 Å². The van der Waals surface area contributed by atoms with E-state index >= 15 is 0 Å². The van der Waals surface area contributed by atoms with Gasteiger partial charge in [-0.25, -0.2) is 4.57 Å². The number of benzene rings is 1. The van der Waals surface area contributed by atoms with Crippen LogP contribution in [0, 0.1) is 19.1 Å². The summed E-state index contributed by atoms with van der Waals surface area (Å²) in [6.45, 7) is 2.18. The van der Waals surface area contributed by atoms with Crippen LogP contribution < -0.4 is 9.75 Å². The third kappa shape index (κ3) is 4.16. The van der Waals surface area contributed by atoms with E-state index in [1.165, 1.54) is 60.6 Å². The molecule has 0 amide bonds. The Morgan fingerprint density at radius 2 is 1.90 bits per heavy atom. The summed E-state index contributed by atoms with van der Waals surface area (Å²) in [6, 6.07) is 22.0. The minimum atomic E-state index is -1.22. The van der Waals surface area contributed by atoms with Gasteiger partial charge in [0.2, 0.25) is 0 Å². The molecule has 0 saturated carbocycles. The molecular weight excluding hydrogens is 456 g/mol. The van der Waals surface area contributed by atoms with Crippen molar-refractivity contribution in [1.82, 2.24) is 4.98 Å². The molecule has 0 bridgehead atoms. The van der Waals surface area contributed by atoms with E-state index in [1.807, 2.05) is 18.3 Å². The van der Waals surface area contributed by atoms with Gasteiger partial charge in [0.15, 0.2) is 6.20 Å². The van der Waals surface area contributed by atoms with Crippen molar-refractivity contribution in [1.29, 1.82) is 0 Å². The maximum atomic E-state index is 4.46. The number of aryl methyl sites for hydroxylation is 3. The third-order valence-electron chi connectivity index (χ3n) is 6.89. The van der Waals surface area contributed by atoms with E-state index < -0.39 is 8.07 Å². The molecule has 5 heteroatoms. The van der Waals surface area contributed by atoms with Crippen molar-refractivity contribution < 1.29 is 37.3 Å². The van der Waals surface area contributed by atoms with E-state index in [1.54, 1.807) is 10.8 Å². The summed E-state index contributed by atoms with van der Waals surface area (Å²) in [4.78, 5) is 4.46. The van der Waals surface area contributed by atoms with Crippen LogP contribution in [0.3, 0.4) is 0 Å². The minimum absolute atomic E-state index is 0. The fraction of sp³-hybridized carbons (Fsp3) is 0.360. The van der Waals surface area contributed by atoms with Crippen LogP contribution in [-0.2, 0) is 46.2 Å². The molecule has 148 valence electrons. The Hall–Kier alpha value is -1.09. The van der Waals surface area contributed by atoms with Crippen molar-refractivity contribution in [2.45, 2.75) is 50.7 Å². The average Bonchev–Trinajstić information content (AvgIpc) is 3.06. The van der Waals surface area contributed by atoms with Gasteiger partial charge in [0.05, 0.1) is 8.07 Å². The standard InChI is InChI=1S/C25H27N2Si.B.Y/c1-19-9-10-20(23-8-4-5-12-26-23)16-22(19)24-17-21-11-15-28(13-6-3-7-14-28)25(21)18-27(24)2;;/h4-5,9-10,12,17-18H,3,6-7,11,13-15H2,1-2H3;;/q-1;;. The molecular formula is C25H27BN2SiY-. The van der Waals surface area contributed by atoms with Gasteiger partial charge in [0.25, 0.3) is 0 Å². The van der Waals surface area contributed by atoms with Crippen LogP contribution in [0.15, 0.2) is 42.7 Å². The van der Waals surface area contributed by atoms with Gasteiger partial charge < -0.3 is 4.98 Å². The van der Waals surface area contributed by atoms with Crippen LogP contribution in [0.2, 0.25) is 18.1 Å². The molecule has 1 aromatic carbocycles. The fourth-order valence-corrected chi connectivity index (χ4v) is 10.8. The summed E-state index contributed by atoms with van der Waals surface area (Å²) in [5.41, 5.74) is 7.21. The van der Waals surface area contributed by atoms with Gasteiger partial charge in [-0.15, -0.1) is 23.4 Å². The number of fused-ring (bicyclic) bond motifs is 2. The molecule has 2 aliphatic heterocycles. The summed E-state index contributed by atoms with van der Waals surface area (Å²) in [5.74, 6) is 0. The van der Waals surface area contributed by atoms with Crippen LogP contribution >= 0.6 is 0 Å². The smallest absolute Gasteiger partial charge is 0.161 e. The van der Waals surface area contributed by atoms with Crippen molar-refractivity contribution in [3.05, 3.63) is 66.0 Å². The summed E-state index contributed by atoms with van der Waals surface area (Å²) in [6.07, 6.45) is 9.94. The first-order valence-electron chi connectivity index (χ1n) is 10.6. The van der Waals surface area contributed by atoms with Crippen LogP contribution in [0.4, 0.5) is 0 Å². The van der Waals surface area contributed by atoms with Gasteiger partial charge in [0, 0.05) is 46.3 Å². The van der Waals surface area contributed by atoms with Crippen LogP contribution in [-0.4, -0.2) is 21.5 Å². The molecule has 1 spiro atoms. The molecule has 0 N–H and O–H groups in total. The molecule has 30 heavy (non-hydrogen) atoms. The van der Waals surface area contributed by atoms with E-state index in [0.29, 0.717) is 0 Å². The van der Waals surface area contributed by atoms with Gasteiger partial charge >= 0.3 is 0 Å². The Morgan fingerprint density at radius 3 is 2.63 bits per heavy atom. The number of aromatic nitrogens is 2. The third-order valence-corrected chi connectivity index (χ3v) is 12.3. The zero-order valence-electron chi connectivity index (χ0n) is 18.0. The maximum absolute atomic E-state index is 4.46. The molecule has 1 saturated heterocycles. The number of hydrogen-bond donors (Lipinski definition) is 0. The largest absolute Gasteiger partial charge is 0.334 e. The molecule has 5 rings (SSSR count). The molecule has 0 aliphatic carbocycles. The SMILES string of the molecule is Cc1ccc(-c2[c-]cccn2)[c-]c1-c1cc2c(c[n+]1C)[Si]1(CCCCC1)CC2.[B].[Y]. The molecule has 2 aliphatic rings. The van der Waals surface area contributed by atoms with Gasteiger partial charge in [-0.3, -0.25) is 0 Å². The Labute approximate surface area is 209 Å². The number of rotatable bonds is 2. The first kappa shape index (κ1) is 23.6. The van der Waals surface area contributed by atoms with Crippen molar-refractivity contribution in [2.75, 3.05) is 0 Å². The van der Waals surface area contributed by atoms with Crippen molar-refractivity contribution in [2.24, 2.45) is 7.05 Å². The molecule has 0 unspecified atom stereocenters. The number of hydrogen-bond acceptors (Lipinski definition) is 1. The van der Waals surface area contributed by atoms with E-state index in [9.17, 15) is 0 Å². The normalized spacial score (nSPS) is 16.5. The Balaban J connectivity index is 0.00000128. The number of pyridine rings is 2. The van der Waals surface area contributed by atoms with Gasteiger partial charge in [-0.2, -0.15) is 29.8 Å². The second-order valence-corrected chi connectivity index (χ2v) is 13.2. The molecule has 1 fully saturated rings. The zero-order chi connectivity index (χ0) is 19.1. The molecule has 2 nitrogen and oxygen atoms in total. The van der Waals surface area contributed by atoms with E-state index in [-0.39, 0.29) is 41.1 Å². The predicted molar refractivity (Wildman–Crippen MR) is 122 cm³/mol. The Kier molecular flexibility index (Phi) is 7.53. The van der Waals surface area contributed by atoms with Crippen molar-refractivity contribution >= 4 is 21.7 Å².